The molecule has 0 spiro atoms. The van der Waals surface area contributed by atoms with Gasteiger partial charge in [-0.15, -0.1) is 0 Å². The summed E-state index contributed by atoms with van der Waals surface area (Å²) in [6.45, 7) is 3.23. The molecule has 22 heavy (non-hydrogen) atoms. The number of urea groups is 1. The van der Waals surface area contributed by atoms with Crippen LogP contribution in [0.1, 0.15) is 29.2 Å². The summed E-state index contributed by atoms with van der Waals surface area (Å²) in [6, 6.07) is 2.59. The first-order chi connectivity index (χ1) is 10.4. The summed E-state index contributed by atoms with van der Waals surface area (Å²) in [6.07, 6.45) is 1.46. The van der Waals surface area contributed by atoms with E-state index in [0.29, 0.717) is 24.6 Å². The molecule has 1 fully saturated rings. The van der Waals surface area contributed by atoms with Crippen molar-refractivity contribution in [1.29, 1.82) is 0 Å². The number of carbonyl (C=O) groups excluding carboxylic acids is 3. The maximum absolute atomic E-state index is 12.0. The van der Waals surface area contributed by atoms with Crippen LogP contribution < -0.4 is 16.4 Å². The molecule has 2 rings (SSSR count). The molecule has 0 unspecified atom stereocenters. The number of piperidine rings is 1. The SMILES string of the molecule is Cc1ccc(C(=O)NC2CCN(CC(=O)NC(N)=O)CC2)o1. The third-order valence-corrected chi connectivity index (χ3v) is 3.52. The topological polar surface area (TPSA) is 118 Å². The molecule has 1 aliphatic heterocycles. The standard InChI is InChI=1S/C14H20N4O4/c1-9-2-3-11(22-9)13(20)16-10-4-6-18(7-5-10)8-12(19)17-14(15)21/h2-3,10H,4-8H2,1H3,(H,16,20)(H3,15,17,19,21). The van der Waals surface area contributed by atoms with Gasteiger partial charge < -0.3 is 15.5 Å². The molecular formula is C14H20N4O4. The van der Waals surface area contributed by atoms with Crippen LogP contribution in [0, 0.1) is 6.92 Å². The third-order valence-electron chi connectivity index (χ3n) is 3.52. The highest BCUT2D eigenvalue weighted by atomic mass is 16.3. The van der Waals surface area contributed by atoms with Crippen LogP contribution in [0.4, 0.5) is 4.79 Å². The summed E-state index contributed by atoms with van der Waals surface area (Å²) in [5.41, 5.74) is 4.89. The number of aryl methyl sites for hydroxylation is 1. The van der Waals surface area contributed by atoms with E-state index in [1.807, 2.05) is 10.2 Å². The molecule has 0 radical (unpaired) electrons. The second kappa shape index (κ2) is 7.08. The zero-order chi connectivity index (χ0) is 16.1. The molecule has 8 heteroatoms. The van der Waals surface area contributed by atoms with Crippen LogP contribution in [0.25, 0.3) is 0 Å². The van der Waals surface area contributed by atoms with Crippen molar-refractivity contribution in [2.75, 3.05) is 19.6 Å². The zero-order valence-corrected chi connectivity index (χ0v) is 12.4. The largest absolute Gasteiger partial charge is 0.456 e. The maximum Gasteiger partial charge on any atom is 0.318 e. The highest BCUT2D eigenvalue weighted by molar-refractivity contribution is 5.94. The highest BCUT2D eigenvalue weighted by Gasteiger charge is 2.23. The fourth-order valence-electron chi connectivity index (χ4n) is 2.43. The van der Waals surface area contributed by atoms with Crippen molar-refractivity contribution in [2.45, 2.75) is 25.8 Å². The fraction of sp³-hybridized carbons (Fsp3) is 0.500. The minimum Gasteiger partial charge on any atom is -0.456 e. The number of furan rings is 1. The van der Waals surface area contributed by atoms with Crippen LogP contribution in [-0.4, -0.2) is 48.4 Å². The van der Waals surface area contributed by atoms with Crippen molar-refractivity contribution in [2.24, 2.45) is 5.73 Å². The first kappa shape index (κ1) is 16.0. The summed E-state index contributed by atoms with van der Waals surface area (Å²) in [5, 5.41) is 4.95. The Bertz CT molecular complexity index is 561. The van der Waals surface area contributed by atoms with E-state index in [1.165, 1.54) is 0 Å². The van der Waals surface area contributed by atoms with E-state index in [9.17, 15) is 14.4 Å². The summed E-state index contributed by atoms with van der Waals surface area (Å²) >= 11 is 0. The van der Waals surface area contributed by atoms with E-state index in [4.69, 9.17) is 10.2 Å². The molecule has 0 aromatic carbocycles. The Morgan fingerprint density at radius 1 is 1.32 bits per heavy atom. The van der Waals surface area contributed by atoms with Crippen molar-refractivity contribution in [3.63, 3.8) is 0 Å². The van der Waals surface area contributed by atoms with Crippen LogP contribution in [0.2, 0.25) is 0 Å². The van der Waals surface area contributed by atoms with Crippen LogP contribution in [0.3, 0.4) is 0 Å². The average molecular weight is 308 g/mol. The number of imide groups is 1. The molecule has 2 heterocycles. The summed E-state index contributed by atoms with van der Waals surface area (Å²) in [7, 11) is 0. The number of rotatable bonds is 4. The van der Waals surface area contributed by atoms with Gasteiger partial charge in [0.15, 0.2) is 5.76 Å². The Kier molecular flexibility index (Phi) is 5.16. The van der Waals surface area contributed by atoms with Gasteiger partial charge in [-0.3, -0.25) is 19.8 Å². The number of amides is 4. The van der Waals surface area contributed by atoms with Crippen LogP contribution in [-0.2, 0) is 4.79 Å². The normalized spacial score (nSPS) is 16.2. The lowest BCUT2D eigenvalue weighted by Gasteiger charge is -2.31. The Morgan fingerprint density at radius 2 is 2.00 bits per heavy atom. The molecule has 8 nitrogen and oxygen atoms in total. The van der Waals surface area contributed by atoms with E-state index >= 15 is 0 Å². The number of primary amides is 1. The van der Waals surface area contributed by atoms with Crippen molar-refractivity contribution >= 4 is 17.8 Å². The Morgan fingerprint density at radius 3 is 2.55 bits per heavy atom. The smallest absolute Gasteiger partial charge is 0.318 e. The van der Waals surface area contributed by atoms with Gasteiger partial charge >= 0.3 is 6.03 Å². The predicted molar refractivity (Wildman–Crippen MR) is 78.1 cm³/mol. The second-order valence-corrected chi connectivity index (χ2v) is 5.35. The molecule has 1 aromatic rings. The molecule has 1 saturated heterocycles. The van der Waals surface area contributed by atoms with Crippen molar-refractivity contribution in [3.8, 4) is 0 Å². The van der Waals surface area contributed by atoms with Gasteiger partial charge in [-0.1, -0.05) is 0 Å². The van der Waals surface area contributed by atoms with Crippen LogP contribution in [0.15, 0.2) is 16.5 Å². The number of carbonyl (C=O) groups is 3. The summed E-state index contributed by atoms with van der Waals surface area (Å²) in [5.74, 6) is 0.361. The number of hydrogen-bond acceptors (Lipinski definition) is 5. The molecule has 0 saturated carbocycles. The van der Waals surface area contributed by atoms with Gasteiger partial charge in [0, 0.05) is 19.1 Å². The molecular weight excluding hydrogens is 288 g/mol. The van der Waals surface area contributed by atoms with E-state index in [1.54, 1.807) is 19.1 Å². The van der Waals surface area contributed by atoms with Crippen molar-refractivity contribution in [3.05, 3.63) is 23.7 Å². The maximum atomic E-state index is 12.0. The van der Waals surface area contributed by atoms with Gasteiger partial charge in [0.2, 0.25) is 5.91 Å². The van der Waals surface area contributed by atoms with Crippen molar-refractivity contribution in [1.82, 2.24) is 15.5 Å². The van der Waals surface area contributed by atoms with Gasteiger partial charge in [0.05, 0.1) is 6.54 Å². The number of nitrogens with one attached hydrogen (secondary N) is 2. The molecule has 0 aliphatic carbocycles. The molecule has 1 aliphatic rings. The highest BCUT2D eigenvalue weighted by Crippen LogP contribution is 2.12. The van der Waals surface area contributed by atoms with E-state index < -0.39 is 11.9 Å². The first-order valence-corrected chi connectivity index (χ1v) is 7.13. The lowest BCUT2D eigenvalue weighted by atomic mass is 10.0. The molecule has 120 valence electrons. The van der Waals surface area contributed by atoms with E-state index in [-0.39, 0.29) is 18.5 Å². The summed E-state index contributed by atoms with van der Waals surface area (Å²) < 4.78 is 5.28. The van der Waals surface area contributed by atoms with Gasteiger partial charge in [0.1, 0.15) is 5.76 Å². The number of nitrogens with zero attached hydrogens (tertiary/aromatic N) is 1. The molecule has 1 aromatic heterocycles. The van der Waals surface area contributed by atoms with Crippen LogP contribution in [0.5, 0.6) is 0 Å². The summed E-state index contributed by atoms with van der Waals surface area (Å²) in [4.78, 5) is 35.9. The number of hydrogen-bond donors (Lipinski definition) is 3. The van der Waals surface area contributed by atoms with Crippen LogP contribution >= 0.6 is 0 Å². The monoisotopic (exact) mass is 308 g/mol. The van der Waals surface area contributed by atoms with Gasteiger partial charge in [-0.25, -0.2) is 4.79 Å². The first-order valence-electron chi connectivity index (χ1n) is 7.13. The van der Waals surface area contributed by atoms with Gasteiger partial charge in [0.25, 0.3) is 5.91 Å². The lowest BCUT2D eigenvalue weighted by Crippen LogP contribution is -2.48. The van der Waals surface area contributed by atoms with Gasteiger partial charge in [-0.05, 0) is 31.9 Å². The molecule has 4 N–H and O–H groups in total. The van der Waals surface area contributed by atoms with E-state index in [2.05, 4.69) is 5.32 Å². The minimum absolute atomic E-state index is 0.0494. The number of likely N-dealkylation sites (tertiary alicyclic amines) is 1. The lowest BCUT2D eigenvalue weighted by molar-refractivity contribution is -0.121. The molecule has 0 atom stereocenters. The quantitative estimate of drug-likeness (QED) is 0.722. The predicted octanol–water partition coefficient (Wildman–Crippen LogP) is -0.0229. The Hall–Kier alpha value is -2.35. The second-order valence-electron chi connectivity index (χ2n) is 5.35. The third kappa shape index (κ3) is 4.59. The minimum atomic E-state index is -0.846. The zero-order valence-electron chi connectivity index (χ0n) is 12.4. The average Bonchev–Trinajstić information content (AvgIpc) is 2.87. The Labute approximate surface area is 128 Å². The van der Waals surface area contributed by atoms with Gasteiger partial charge in [-0.2, -0.15) is 0 Å². The molecule has 0 bridgehead atoms. The fourth-order valence-corrected chi connectivity index (χ4v) is 2.43. The Balaban J connectivity index is 1.74. The molecule has 4 amide bonds. The van der Waals surface area contributed by atoms with Crippen molar-refractivity contribution < 1.29 is 18.8 Å². The number of nitrogens with two attached hydrogens (primary N) is 1. The van der Waals surface area contributed by atoms with E-state index in [0.717, 1.165) is 12.8 Å².